The van der Waals surface area contributed by atoms with Crippen LogP contribution in [0.3, 0.4) is 0 Å². The average molecular weight is 254 g/mol. The van der Waals surface area contributed by atoms with Crippen molar-refractivity contribution in [3.8, 4) is 11.8 Å². The SMILES string of the molecule is N#Cc1cc(COc2ccc(B(O)O)cc2)ccn1. The van der Waals surface area contributed by atoms with Crippen LogP contribution >= 0.6 is 0 Å². The second kappa shape index (κ2) is 6.00. The molecule has 0 saturated heterocycles. The number of nitriles is 1. The smallest absolute Gasteiger partial charge is 0.488 e. The molecule has 0 fully saturated rings. The van der Waals surface area contributed by atoms with Gasteiger partial charge in [-0.05, 0) is 35.3 Å². The van der Waals surface area contributed by atoms with Gasteiger partial charge in [0, 0.05) is 6.20 Å². The van der Waals surface area contributed by atoms with Crippen molar-refractivity contribution in [1.29, 1.82) is 5.26 Å². The molecule has 1 aromatic heterocycles. The quantitative estimate of drug-likeness (QED) is 0.762. The Kier molecular flexibility index (Phi) is 4.13. The number of pyridine rings is 1. The van der Waals surface area contributed by atoms with Crippen molar-refractivity contribution in [2.75, 3.05) is 0 Å². The lowest BCUT2D eigenvalue weighted by molar-refractivity contribution is 0.306. The van der Waals surface area contributed by atoms with Crippen molar-refractivity contribution in [2.45, 2.75) is 6.61 Å². The van der Waals surface area contributed by atoms with Crippen molar-refractivity contribution < 1.29 is 14.8 Å². The van der Waals surface area contributed by atoms with Crippen LogP contribution in [0.1, 0.15) is 11.3 Å². The summed E-state index contributed by atoms with van der Waals surface area (Å²) in [6, 6.07) is 11.9. The number of hydrogen-bond donors (Lipinski definition) is 2. The molecular formula is C13H11BN2O3. The molecule has 0 amide bonds. The molecule has 94 valence electrons. The van der Waals surface area contributed by atoms with Gasteiger partial charge in [-0.3, -0.25) is 0 Å². The third-order valence-electron chi connectivity index (χ3n) is 2.52. The van der Waals surface area contributed by atoms with Gasteiger partial charge in [0.2, 0.25) is 0 Å². The lowest BCUT2D eigenvalue weighted by Crippen LogP contribution is -2.29. The molecule has 2 rings (SSSR count). The normalized spacial score (nSPS) is 9.74. The van der Waals surface area contributed by atoms with Gasteiger partial charge in [-0.25, -0.2) is 4.98 Å². The Morgan fingerprint density at radius 1 is 1.21 bits per heavy atom. The van der Waals surface area contributed by atoms with Crippen molar-refractivity contribution in [3.05, 3.63) is 53.9 Å². The van der Waals surface area contributed by atoms with E-state index in [4.69, 9.17) is 20.0 Å². The lowest BCUT2D eigenvalue weighted by Gasteiger charge is -2.07. The largest absolute Gasteiger partial charge is 0.489 e. The number of benzene rings is 1. The molecule has 0 bridgehead atoms. The van der Waals surface area contributed by atoms with Gasteiger partial charge in [-0.1, -0.05) is 12.1 Å². The fourth-order valence-electron chi connectivity index (χ4n) is 1.53. The first-order valence-electron chi connectivity index (χ1n) is 5.63. The molecule has 2 N–H and O–H groups in total. The van der Waals surface area contributed by atoms with Crippen molar-refractivity contribution in [2.24, 2.45) is 0 Å². The highest BCUT2D eigenvalue weighted by molar-refractivity contribution is 6.58. The summed E-state index contributed by atoms with van der Waals surface area (Å²) in [5.41, 5.74) is 1.60. The van der Waals surface area contributed by atoms with E-state index in [-0.39, 0.29) is 0 Å². The standard InChI is InChI=1S/C13H11BN2O3/c15-8-12-7-10(5-6-16-12)9-19-13-3-1-11(2-4-13)14(17)18/h1-7,17-18H,9H2. The summed E-state index contributed by atoms with van der Waals surface area (Å²) in [6.07, 6.45) is 1.56. The van der Waals surface area contributed by atoms with Crippen molar-refractivity contribution in [3.63, 3.8) is 0 Å². The number of aromatic nitrogens is 1. The van der Waals surface area contributed by atoms with Crippen molar-refractivity contribution in [1.82, 2.24) is 4.98 Å². The van der Waals surface area contributed by atoms with Crippen LogP contribution in [0.25, 0.3) is 0 Å². The van der Waals surface area contributed by atoms with Gasteiger partial charge in [-0.2, -0.15) is 5.26 Å². The van der Waals surface area contributed by atoms with E-state index in [1.54, 1.807) is 42.6 Å². The first kappa shape index (κ1) is 13.1. The minimum Gasteiger partial charge on any atom is -0.489 e. The van der Waals surface area contributed by atoms with Gasteiger partial charge in [-0.15, -0.1) is 0 Å². The van der Waals surface area contributed by atoms with E-state index < -0.39 is 7.12 Å². The zero-order valence-electron chi connectivity index (χ0n) is 10.0. The van der Waals surface area contributed by atoms with E-state index in [9.17, 15) is 0 Å². The summed E-state index contributed by atoms with van der Waals surface area (Å²) < 4.78 is 5.53. The zero-order chi connectivity index (χ0) is 13.7. The van der Waals surface area contributed by atoms with Crippen LogP contribution in [0.4, 0.5) is 0 Å². The highest BCUT2D eigenvalue weighted by Gasteiger charge is 2.09. The Hall–Kier alpha value is -2.36. The molecule has 1 aromatic carbocycles. The molecule has 19 heavy (non-hydrogen) atoms. The Balaban J connectivity index is 2.00. The minimum atomic E-state index is -1.48. The Morgan fingerprint density at radius 3 is 2.58 bits per heavy atom. The second-order valence-electron chi connectivity index (χ2n) is 3.89. The van der Waals surface area contributed by atoms with Gasteiger partial charge in [0.05, 0.1) is 0 Å². The third kappa shape index (κ3) is 3.55. The summed E-state index contributed by atoms with van der Waals surface area (Å²) in [5.74, 6) is 0.611. The van der Waals surface area contributed by atoms with Gasteiger partial charge in [0.25, 0.3) is 0 Å². The van der Waals surface area contributed by atoms with Crippen LogP contribution in [0.5, 0.6) is 5.75 Å². The summed E-state index contributed by atoms with van der Waals surface area (Å²) in [5, 5.41) is 26.6. The molecule has 0 atom stereocenters. The maximum atomic E-state index is 8.96. The molecule has 5 nitrogen and oxygen atoms in total. The van der Waals surface area contributed by atoms with Crippen LogP contribution in [0.15, 0.2) is 42.6 Å². The summed E-state index contributed by atoms with van der Waals surface area (Å²) in [6.45, 7) is 0.318. The first-order chi connectivity index (χ1) is 9.19. The molecule has 0 aliphatic rings. The van der Waals surface area contributed by atoms with E-state index in [1.165, 1.54) is 0 Å². The summed E-state index contributed by atoms with van der Waals surface area (Å²) in [4.78, 5) is 3.87. The predicted octanol–water partition coefficient (Wildman–Crippen LogP) is 0.212. The van der Waals surface area contributed by atoms with Crippen LogP contribution < -0.4 is 10.2 Å². The summed E-state index contributed by atoms with van der Waals surface area (Å²) in [7, 11) is -1.48. The Bertz CT molecular complexity index is 594. The van der Waals surface area contributed by atoms with Crippen LogP contribution in [-0.2, 0) is 6.61 Å². The van der Waals surface area contributed by atoms with E-state index in [0.717, 1.165) is 5.56 Å². The monoisotopic (exact) mass is 254 g/mol. The molecule has 2 aromatic rings. The van der Waals surface area contributed by atoms with Crippen molar-refractivity contribution >= 4 is 12.6 Å². The Morgan fingerprint density at radius 2 is 1.95 bits per heavy atom. The minimum absolute atomic E-state index is 0.318. The molecule has 0 unspecified atom stereocenters. The molecule has 0 aliphatic heterocycles. The second-order valence-corrected chi connectivity index (χ2v) is 3.89. The molecule has 0 saturated carbocycles. The Labute approximate surface area is 110 Å². The van der Waals surface area contributed by atoms with E-state index in [0.29, 0.717) is 23.5 Å². The molecule has 0 spiro atoms. The summed E-state index contributed by atoms with van der Waals surface area (Å²) >= 11 is 0. The van der Waals surface area contributed by atoms with E-state index >= 15 is 0 Å². The third-order valence-corrected chi connectivity index (χ3v) is 2.52. The molecule has 1 heterocycles. The maximum Gasteiger partial charge on any atom is 0.488 e. The molecule has 0 aliphatic carbocycles. The van der Waals surface area contributed by atoms with Crippen LogP contribution in [0, 0.1) is 11.3 Å². The average Bonchev–Trinajstić information content (AvgIpc) is 2.46. The van der Waals surface area contributed by atoms with Gasteiger partial charge < -0.3 is 14.8 Å². The lowest BCUT2D eigenvalue weighted by atomic mass is 9.80. The highest BCUT2D eigenvalue weighted by atomic mass is 16.5. The highest BCUT2D eigenvalue weighted by Crippen LogP contribution is 2.11. The fraction of sp³-hybridized carbons (Fsp3) is 0.0769. The number of hydrogen-bond acceptors (Lipinski definition) is 5. The van der Waals surface area contributed by atoms with E-state index in [1.807, 2.05) is 6.07 Å². The van der Waals surface area contributed by atoms with Gasteiger partial charge in [0.15, 0.2) is 0 Å². The van der Waals surface area contributed by atoms with Crippen LogP contribution in [-0.4, -0.2) is 22.2 Å². The number of ether oxygens (including phenoxy) is 1. The van der Waals surface area contributed by atoms with E-state index in [2.05, 4.69) is 4.98 Å². The number of rotatable bonds is 4. The molecule has 6 heteroatoms. The fourth-order valence-corrected chi connectivity index (χ4v) is 1.53. The van der Waals surface area contributed by atoms with Gasteiger partial charge >= 0.3 is 7.12 Å². The molecule has 0 radical (unpaired) electrons. The van der Waals surface area contributed by atoms with Gasteiger partial charge in [0.1, 0.15) is 24.1 Å². The maximum absolute atomic E-state index is 8.96. The topological polar surface area (TPSA) is 86.4 Å². The molecular weight excluding hydrogens is 243 g/mol. The zero-order valence-corrected chi connectivity index (χ0v) is 10.0. The first-order valence-corrected chi connectivity index (χ1v) is 5.63. The predicted molar refractivity (Wildman–Crippen MR) is 69.6 cm³/mol. The number of nitrogens with zero attached hydrogens (tertiary/aromatic N) is 2. The van der Waals surface area contributed by atoms with Crippen LogP contribution in [0.2, 0.25) is 0 Å².